The summed E-state index contributed by atoms with van der Waals surface area (Å²) in [6.45, 7) is 0.922. The predicted molar refractivity (Wildman–Crippen MR) is 80.7 cm³/mol. The first kappa shape index (κ1) is 15.7. The van der Waals surface area contributed by atoms with Crippen LogP contribution in [0.2, 0.25) is 0 Å². The van der Waals surface area contributed by atoms with E-state index >= 15 is 0 Å². The van der Waals surface area contributed by atoms with Gasteiger partial charge in [-0.3, -0.25) is 0 Å². The molecule has 0 aliphatic carbocycles. The van der Waals surface area contributed by atoms with Crippen LogP contribution in [-0.4, -0.2) is 67.5 Å². The molecule has 0 saturated carbocycles. The largest absolute Gasteiger partial charge is 0.470 e. The van der Waals surface area contributed by atoms with E-state index in [1.54, 1.807) is 26.4 Å². The Morgan fingerprint density at radius 2 is 2.23 bits per heavy atom. The van der Waals surface area contributed by atoms with Crippen LogP contribution in [0.15, 0.2) is 24.4 Å². The lowest BCUT2D eigenvalue weighted by Gasteiger charge is -2.32. The van der Waals surface area contributed by atoms with Gasteiger partial charge in [0.15, 0.2) is 0 Å². The predicted octanol–water partition coefficient (Wildman–Crippen LogP) is 0.499. The van der Waals surface area contributed by atoms with Crippen LogP contribution in [0.1, 0.15) is 12.8 Å². The lowest BCUT2D eigenvalue weighted by Crippen LogP contribution is -2.47. The van der Waals surface area contributed by atoms with Gasteiger partial charge in [-0.15, -0.1) is 0 Å². The van der Waals surface area contributed by atoms with Crippen molar-refractivity contribution < 1.29 is 17.9 Å². The number of hydrogen-bond acceptors (Lipinski definition) is 5. The molecule has 0 amide bonds. The van der Waals surface area contributed by atoms with Gasteiger partial charge in [-0.2, -0.15) is 17.0 Å². The molecule has 0 N–H and O–H groups in total. The van der Waals surface area contributed by atoms with E-state index in [-0.39, 0.29) is 24.8 Å². The zero-order valence-corrected chi connectivity index (χ0v) is 13.6. The van der Waals surface area contributed by atoms with Crippen LogP contribution in [0.4, 0.5) is 0 Å². The molecule has 3 heterocycles. The molecule has 7 nitrogen and oxygen atoms in total. The van der Waals surface area contributed by atoms with Gasteiger partial charge in [0.2, 0.25) is 5.88 Å². The first-order valence-electron chi connectivity index (χ1n) is 7.39. The van der Waals surface area contributed by atoms with E-state index in [9.17, 15) is 8.42 Å². The minimum atomic E-state index is -3.49. The standard InChI is InChI=1S/C14H21N3O4S/c1-16(2)22(18,19)17-10-12(14-11(17)6-5-9-20-14)21-13-7-3-4-8-15-13/h3-4,7-8,11-12,14H,5-6,9-10H2,1-2H3/t11-,12-,14+/m1/s1. The highest BCUT2D eigenvalue weighted by Gasteiger charge is 2.50. The quantitative estimate of drug-likeness (QED) is 0.805. The van der Waals surface area contributed by atoms with E-state index in [0.717, 1.165) is 12.8 Å². The van der Waals surface area contributed by atoms with Crippen LogP contribution in [-0.2, 0) is 14.9 Å². The topological polar surface area (TPSA) is 72.0 Å². The van der Waals surface area contributed by atoms with Crippen molar-refractivity contribution in [2.24, 2.45) is 0 Å². The molecule has 1 aromatic rings. The molecule has 0 unspecified atom stereocenters. The van der Waals surface area contributed by atoms with Crippen LogP contribution in [0.25, 0.3) is 0 Å². The van der Waals surface area contributed by atoms with Crippen molar-refractivity contribution in [1.82, 2.24) is 13.6 Å². The number of rotatable bonds is 4. The summed E-state index contributed by atoms with van der Waals surface area (Å²) in [5, 5.41) is 0. The second-order valence-corrected chi connectivity index (χ2v) is 7.82. The summed E-state index contributed by atoms with van der Waals surface area (Å²) < 4.78 is 39.5. The summed E-state index contributed by atoms with van der Waals surface area (Å²) in [5.74, 6) is 0.490. The fraction of sp³-hybridized carbons (Fsp3) is 0.643. The average molecular weight is 327 g/mol. The number of nitrogens with zero attached hydrogens (tertiary/aromatic N) is 3. The molecule has 8 heteroatoms. The highest BCUT2D eigenvalue weighted by molar-refractivity contribution is 7.86. The minimum Gasteiger partial charge on any atom is -0.470 e. The maximum atomic E-state index is 12.5. The molecule has 2 fully saturated rings. The second kappa shape index (κ2) is 6.11. The van der Waals surface area contributed by atoms with E-state index in [0.29, 0.717) is 12.5 Å². The van der Waals surface area contributed by atoms with E-state index in [1.807, 2.05) is 12.1 Å². The first-order valence-corrected chi connectivity index (χ1v) is 8.78. The van der Waals surface area contributed by atoms with Crippen LogP contribution in [0.3, 0.4) is 0 Å². The Hall–Kier alpha value is -1.22. The van der Waals surface area contributed by atoms with E-state index in [4.69, 9.17) is 9.47 Å². The number of aromatic nitrogens is 1. The third-order valence-electron chi connectivity index (χ3n) is 4.10. The number of ether oxygens (including phenoxy) is 2. The summed E-state index contributed by atoms with van der Waals surface area (Å²) in [5.41, 5.74) is 0. The second-order valence-electron chi connectivity index (χ2n) is 5.73. The number of pyridine rings is 1. The average Bonchev–Trinajstić information content (AvgIpc) is 2.88. The van der Waals surface area contributed by atoms with Crippen molar-refractivity contribution in [3.63, 3.8) is 0 Å². The van der Waals surface area contributed by atoms with Crippen LogP contribution < -0.4 is 4.74 Å². The third kappa shape index (κ3) is 2.83. The molecule has 2 aliphatic heterocycles. The maximum Gasteiger partial charge on any atom is 0.281 e. The summed E-state index contributed by atoms with van der Waals surface area (Å²) in [6, 6.07) is 5.24. The van der Waals surface area contributed by atoms with Gasteiger partial charge in [0.05, 0.1) is 12.6 Å². The first-order chi connectivity index (χ1) is 10.5. The normalized spacial score (nSPS) is 29.5. The van der Waals surface area contributed by atoms with Gasteiger partial charge in [-0.1, -0.05) is 6.07 Å². The molecule has 3 atom stereocenters. The Labute approximate surface area is 131 Å². The van der Waals surface area contributed by atoms with Gasteiger partial charge in [0.25, 0.3) is 10.2 Å². The Balaban J connectivity index is 1.83. The number of hydrogen-bond donors (Lipinski definition) is 0. The Morgan fingerprint density at radius 3 is 2.91 bits per heavy atom. The van der Waals surface area contributed by atoms with Gasteiger partial charge in [-0.25, -0.2) is 4.98 Å². The summed E-state index contributed by atoms with van der Waals surface area (Å²) >= 11 is 0. The van der Waals surface area contributed by atoms with E-state index in [1.165, 1.54) is 8.61 Å². The zero-order valence-electron chi connectivity index (χ0n) is 12.8. The van der Waals surface area contributed by atoms with Gasteiger partial charge in [0, 0.05) is 33.0 Å². The fourth-order valence-corrected chi connectivity index (χ4v) is 4.34. The molecule has 2 saturated heterocycles. The maximum absolute atomic E-state index is 12.5. The highest BCUT2D eigenvalue weighted by Crippen LogP contribution is 2.33. The molecule has 122 valence electrons. The Bertz CT molecular complexity index is 608. The van der Waals surface area contributed by atoms with Crippen LogP contribution in [0, 0.1) is 0 Å². The molecule has 0 radical (unpaired) electrons. The molecular formula is C14H21N3O4S. The number of fused-ring (bicyclic) bond motifs is 1. The molecular weight excluding hydrogens is 306 g/mol. The summed E-state index contributed by atoms with van der Waals surface area (Å²) in [7, 11) is -0.401. The molecule has 0 bridgehead atoms. The van der Waals surface area contributed by atoms with E-state index in [2.05, 4.69) is 4.98 Å². The van der Waals surface area contributed by atoms with Crippen LogP contribution >= 0.6 is 0 Å². The summed E-state index contributed by atoms with van der Waals surface area (Å²) in [6.07, 6.45) is 2.72. The SMILES string of the molecule is CN(C)S(=O)(=O)N1C[C@@H](Oc2ccccn2)[C@H]2OCCC[C@H]21. The molecule has 2 aliphatic rings. The third-order valence-corrected chi connectivity index (χ3v) is 6.03. The zero-order chi connectivity index (χ0) is 15.7. The van der Waals surface area contributed by atoms with E-state index < -0.39 is 10.2 Å². The molecule has 0 aromatic carbocycles. The Morgan fingerprint density at radius 1 is 1.41 bits per heavy atom. The van der Waals surface area contributed by atoms with Crippen LogP contribution in [0.5, 0.6) is 5.88 Å². The van der Waals surface area contributed by atoms with Gasteiger partial charge in [-0.05, 0) is 18.9 Å². The van der Waals surface area contributed by atoms with Gasteiger partial charge >= 0.3 is 0 Å². The smallest absolute Gasteiger partial charge is 0.281 e. The van der Waals surface area contributed by atoms with Crippen molar-refractivity contribution in [3.05, 3.63) is 24.4 Å². The molecule has 0 spiro atoms. The molecule has 22 heavy (non-hydrogen) atoms. The van der Waals surface area contributed by atoms with Gasteiger partial charge < -0.3 is 9.47 Å². The minimum absolute atomic E-state index is 0.171. The summed E-state index contributed by atoms with van der Waals surface area (Å²) in [4.78, 5) is 4.15. The van der Waals surface area contributed by atoms with Crippen molar-refractivity contribution in [2.45, 2.75) is 31.1 Å². The van der Waals surface area contributed by atoms with Gasteiger partial charge in [0.1, 0.15) is 12.2 Å². The monoisotopic (exact) mass is 327 g/mol. The van der Waals surface area contributed by atoms with Crippen molar-refractivity contribution >= 4 is 10.2 Å². The van der Waals surface area contributed by atoms with Crippen molar-refractivity contribution in [2.75, 3.05) is 27.2 Å². The van der Waals surface area contributed by atoms with Crippen molar-refractivity contribution in [3.8, 4) is 5.88 Å². The Kier molecular flexibility index (Phi) is 4.35. The molecule has 1 aromatic heterocycles. The lowest BCUT2D eigenvalue weighted by atomic mass is 10.0. The fourth-order valence-electron chi connectivity index (χ4n) is 3.02. The van der Waals surface area contributed by atoms with Crippen molar-refractivity contribution in [1.29, 1.82) is 0 Å². The highest BCUT2D eigenvalue weighted by atomic mass is 32.2. The lowest BCUT2D eigenvalue weighted by molar-refractivity contribution is -0.0428. The molecule has 3 rings (SSSR count).